The summed E-state index contributed by atoms with van der Waals surface area (Å²) < 4.78 is 6.17. The average Bonchev–Trinajstić information content (AvgIpc) is 2.39. The van der Waals surface area contributed by atoms with Crippen molar-refractivity contribution in [2.45, 2.75) is 6.92 Å². The molecule has 0 fully saturated rings. The van der Waals surface area contributed by atoms with E-state index in [-0.39, 0.29) is 5.91 Å². The largest absolute Gasteiger partial charge is 0.495 e. The summed E-state index contributed by atoms with van der Waals surface area (Å²) in [7, 11) is 1.59. The summed E-state index contributed by atoms with van der Waals surface area (Å²) in [5, 5.41) is 2.89. The van der Waals surface area contributed by atoms with Crippen molar-refractivity contribution >= 4 is 34.2 Å². The Hall–Kier alpha value is -1.56. The normalized spacial score (nSPS) is 10.1. The summed E-state index contributed by atoms with van der Waals surface area (Å²) in [6, 6.07) is 13.2. The molecule has 0 spiro atoms. The number of rotatable bonds is 3. The fourth-order valence-electron chi connectivity index (χ4n) is 1.75. The number of aryl methyl sites for hydroxylation is 1. The van der Waals surface area contributed by atoms with E-state index in [9.17, 15) is 4.79 Å². The molecule has 1 amide bonds. The molecule has 19 heavy (non-hydrogen) atoms. The fourth-order valence-corrected chi connectivity index (χ4v) is 2.39. The quantitative estimate of drug-likeness (QED) is 0.837. The first-order chi connectivity index (χ1) is 9.11. The number of benzene rings is 2. The van der Waals surface area contributed by atoms with Gasteiger partial charge in [-0.05, 0) is 59.3 Å². The van der Waals surface area contributed by atoms with Crippen LogP contribution in [-0.4, -0.2) is 13.0 Å². The topological polar surface area (TPSA) is 38.3 Å². The lowest BCUT2D eigenvalue weighted by Crippen LogP contribution is -2.14. The predicted molar refractivity (Wildman–Crippen MR) is 84.8 cm³/mol. The lowest BCUT2D eigenvalue weighted by atomic mass is 10.1. The number of ether oxygens (including phenoxy) is 1. The highest BCUT2D eigenvalue weighted by atomic mass is 127. The first kappa shape index (κ1) is 13.9. The standard InChI is InChI=1S/C15H14INO2/c1-10-7-8-14(19-2)13(9-10)17-15(18)11-5-3-4-6-12(11)16/h3-9H,1-2H3,(H,17,18). The van der Waals surface area contributed by atoms with E-state index < -0.39 is 0 Å². The number of hydrogen-bond acceptors (Lipinski definition) is 2. The number of amides is 1. The highest BCUT2D eigenvalue weighted by Gasteiger charge is 2.12. The third kappa shape index (κ3) is 3.26. The number of carbonyl (C=O) groups is 1. The van der Waals surface area contributed by atoms with Gasteiger partial charge in [0.1, 0.15) is 5.75 Å². The van der Waals surface area contributed by atoms with Crippen molar-refractivity contribution in [1.29, 1.82) is 0 Å². The van der Waals surface area contributed by atoms with Crippen LogP contribution in [0.25, 0.3) is 0 Å². The molecule has 2 aromatic carbocycles. The fraction of sp³-hybridized carbons (Fsp3) is 0.133. The summed E-state index contributed by atoms with van der Waals surface area (Å²) in [6.45, 7) is 1.97. The van der Waals surface area contributed by atoms with Gasteiger partial charge in [-0.2, -0.15) is 0 Å². The van der Waals surface area contributed by atoms with Crippen molar-refractivity contribution < 1.29 is 9.53 Å². The molecule has 1 N–H and O–H groups in total. The maximum absolute atomic E-state index is 12.2. The molecule has 0 heterocycles. The van der Waals surface area contributed by atoms with Gasteiger partial charge in [-0.25, -0.2) is 0 Å². The SMILES string of the molecule is COc1ccc(C)cc1NC(=O)c1ccccc1I. The van der Waals surface area contributed by atoms with Crippen LogP contribution >= 0.6 is 22.6 Å². The molecule has 3 nitrogen and oxygen atoms in total. The summed E-state index contributed by atoms with van der Waals surface area (Å²) in [4.78, 5) is 12.2. The smallest absolute Gasteiger partial charge is 0.256 e. The van der Waals surface area contributed by atoms with Crippen molar-refractivity contribution in [3.05, 3.63) is 57.2 Å². The Morgan fingerprint density at radius 1 is 1.21 bits per heavy atom. The van der Waals surface area contributed by atoms with Gasteiger partial charge in [0, 0.05) is 3.57 Å². The van der Waals surface area contributed by atoms with Gasteiger partial charge >= 0.3 is 0 Å². The molecule has 0 aliphatic rings. The number of anilines is 1. The second-order valence-corrected chi connectivity index (χ2v) is 5.30. The first-order valence-corrected chi connectivity index (χ1v) is 6.90. The Morgan fingerprint density at radius 2 is 1.95 bits per heavy atom. The molecule has 0 aromatic heterocycles. The van der Waals surface area contributed by atoms with Crippen molar-refractivity contribution in [3.63, 3.8) is 0 Å². The second kappa shape index (κ2) is 6.06. The van der Waals surface area contributed by atoms with Crippen LogP contribution in [0.5, 0.6) is 5.75 Å². The molecular weight excluding hydrogens is 353 g/mol. The van der Waals surface area contributed by atoms with Gasteiger partial charge in [0.25, 0.3) is 5.91 Å². The Labute approximate surface area is 126 Å². The van der Waals surface area contributed by atoms with Gasteiger partial charge < -0.3 is 10.1 Å². The van der Waals surface area contributed by atoms with Crippen molar-refractivity contribution in [3.8, 4) is 5.75 Å². The number of hydrogen-bond donors (Lipinski definition) is 1. The molecule has 0 aliphatic heterocycles. The maximum Gasteiger partial charge on any atom is 0.256 e. The number of methoxy groups -OCH3 is 1. The van der Waals surface area contributed by atoms with E-state index in [0.717, 1.165) is 9.13 Å². The minimum atomic E-state index is -0.131. The Bertz CT molecular complexity index is 611. The van der Waals surface area contributed by atoms with Crippen molar-refractivity contribution in [2.24, 2.45) is 0 Å². The third-order valence-electron chi connectivity index (χ3n) is 2.72. The molecule has 0 bridgehead atoms. The molecule has 2 rings (SSSR count). The van der Waals surface area contributed by atoms with Gasteiger partial charge in [0.2, 0.25) is 0 Å². The zero-order valence-corrected chi connectivity index (χ0v) is 12.9. The van der Waals surface area contributed by atoms with Crippen LogP contribution in [0.3, 0.4) is 0 Å². The van der Waals surface area contributed by atoms with E-state index in [0.29, 0.717) is 17.0 Å². The zero-order valence-electron chi connectivity index (χ0n) is 10.7. The van der Waals surface area contributed by atoms with Gasteiger partial charge in [-0.1, -0.05) is 18.2 Å². The van der Waals surface area contributed by atoms with Crippen LogP contribution in [0.15, 0.2) is 42.5 Å². The van der Waals surface area contributed by atoms with E-state index in [1.54, 1.807) is 13.2 Å². The highest BCUT2D eigenvalue weighted by Crippen LogP contribution is 2.26. The van der Waals surface area contributed by atoms with Crippen molar-refractivity contribution in [1.82, 2.24) is 0 Å². The van der Waals surface area contributed by atoms with Crippen LogP contribution < -0.4 is 10.1 Å². The number of nitrogens with one attached hydrogen (secondary N) is 1. The number of halogens is 1. The van der Waals surface area contributed by atoms with Gasteiger partial charge in [-0.15, -0.1) is 0 Å². The lowest BCUT2D eigenvalue weighted by Gasteiger charge is -2.11. The molecule has 0 saturated heterocycles. The monoisotopic (exact) mass is 367 g/mol. The summed E-state index contributed by atoms with van der Waals surface area (Å²) in [5.41, 5.74) is 2.41. The predicted octanol–water partition coefficient (Wildman–Crippen LogP) is 3.86. The molecular formula is C15H14INO2. The second-order valence-electron chi connectivity index (χ2n) is 4.14. The molecule has 0 radical (unpaired) electrons. The summed E-state index contributed by atoms with van der Waals surface area (Å²) >= 11 is 2.15. The molecule has 0 aliphatic carbocycles. The Morgan fingerprint density at radius 3 is 2.63 bits per heavy atom. The molecule has 4 heteroatoms. The molecule has 2 aromatic rings. The summed E-state index contributed by atoms with van der Waals surface area (Å²) in [6.07, 6.45) is 0. The average molecular weight is 367 g/mol. The van der Waals surface area contributed by atoms with E-state index >= 15 is 0 Å². The molecule has 0 atom stereocenters. The van der Waals surface area contributed by atoms with E-state index in [1.807, 2.05) is 43.3 Å². The molecule has 0 saturated carbocycles. The van der Waals surface area contributed by atoms with Crippen LogP contribution in [0, 0.1) is 10.5 Å². The lowest BCUT2D eigenvalue weighted by molar-refractivity contribution is 0.102. The Kier molecular flexibility index (Phi) is 4.42. The van der Waals surface area contributed by atoms with Gasteiger partial charge in [-0.3, -0.25) is 4.79 Å². The minimum Gasteiger partial charge on any atom is -0.495 e. The third-order valence-corrected chi connectivity index (χ3v) is 3.66. The van der Waals surface area contributed by atoms with Gasteiger partial charge in [0.05, 0.1) is 18.4 Å². The van der Waals surface area contributed by atoms with E-state index in [4.69, 9.17) is 4.74 Å². The summed E-state index contributed by atoms with van der Waals surface area (Å²) in [5.74, 6) is 0.527. The van der Waals surface area contributed by atoms with E-state index in [1.165, 1.54) is 0 Å². The maximum atomic E-state index is 12.2. The molecule has 0 unspecified atom stereocenters. The van der Waals surface area contributed by atoms with Crippen LogP contribution in [0.2, 0.25) is 0 Å². The van der Waals surface area contributed by atoms with Crippen LogP contribution in [0.4, 0.5) is 5.69 Å². The van der Waals surface area contributed by atoms with Crippen molar-refractivity contribution in [2.75, 3.05) is 12.4 Å². The molecule has 98 valence electrons. The Balaban J connectivity index is 2.29. The van der Waals surface area contributed by atoms with Gasteiger partial charge in [0.15, 0.2) is 0 Å². The zero-order chi connectivity index (χ0) is 13.8. The highest BCUT2D eigenvalue weighted by molar-refractivity contribution is 14.1. The minimum absolute atomic E-state index is 0.131. The van der Waals surface area contributed by atoms with E-state index in [2.05, 4.69) is 27.9 Å². The van der Waals surface area contributed by atoms with Crippen LogP contribution in [0.1, 0.15) is 15.9 Å². The first-order valence-electron chi connectivity index (χ1n) is 5.82. The number of carbonyl (C=O) groups excluding carboxylic acids is 1. The van der Waals surface area contributed by atoms with Crippen LogP contribution in [-0.2, 0) is 0 Å².